The van der Waals surface area contributed by atoms with Gasteiger partial charge in [0.25, 0.3) is 0 Å². The van der Waals surface area contributed by atoms with Crippen LogP contribution in [0.4, 0.5) is 4.39 Å². The van der Waals surface area contributed by atoms with Gasteiger partial charge in [0.15, 0.2) is 0 Å². The maximum absolute atomic E-state index is 14.2. The lowest BCUT2D eigenvalue weighted by atomic mass is 9.80. The van der Waals surface area contributed by atoms with Crippen molar-refractivity contribution in [2.45, 2.75) is 96.8 Å². The zero-order chi connectivity index (χ0) is 15.9. The molecule has 0 saturated heterocycles. The molecule has 22 heavy (non-hydrogen) atoms. The molecule has 2 fully saturated rings. The van der Waals surface area contributed by atoms with Crippen LogP contribution in [0.15, 0.2) is 0 Å². The average Bonchev–Trinajstić information content (AvgIpc) is 2.51. The van der Waals surface area contributed by atoms with Crippen molar-refractivity contribution in [1.82, 2.24) is 0 Å². The highest BCUT2D eigenvalue weighted by Gasteiger charge is 2.35. The Labute approximate surface area is 135 Å². The number of halogens is 1. The maximum atomic E-state index is 14.2. The van der Waals surface area contributed by atoms with Crippen molar-refractivity contribution in [3.8, 4) is 0 Å². The third-order valence-corrected chi connectivity index (χ3v) is 5.66. The highest BCUT2D eigenvalue weighted by Crippen LogP contribution is 2.35. The van der Waals surface area contributed by atoms with E-state index in [4.69, 9.17) is 4.74 Å². The third kappa shape index (κ3) is 4.96. The van der Waals surface area contributed by atoms with Crippen molar-refractivity contribution in [3.05, 3.63) is 0 Å². The molecule has 2 aliphatic carbocycles. The van der Waals surface area contributed by atoms with Gasteiger partial charge >= 0.3 is 5.97 Å². The number of hydrogen-bond acceptors (Lipinski definition) is 2. The van der Waals surface area contributed by atoms with Crippen molar-refractivity contribution in [2.24, 2.45) is 17.8 Å². The van der Waals surface area contributed by atoms with Crippen LogP contribution in [0, 0.1) is 17.8 Å². The first kappa shape index (κ1) is 17.7. The van der Waals surface area contributed by atoms with Gasteiger partial charge in [-0.25, -0.2) is 4.39 Å². The van der Waals surface area contributed by atoms with Gasteiger partial charge in [-0.2, -0.15) is 0 Å². The Kier molecular flexibility index (Phi) is 7.17. The normalized spacial score (nSPS) is 36.0. The van der Waals surface area contributed by atoms with Crippen molar-refractivity contribution in [1.29, 1.82) is 0 Å². The largest absolute Gasteiger partial charge is 0.459 e. The molecule has 0 aromatic heterocycles. The van der Waals surface area contributed by atoms with Crippen LogP contribution in [0.25, 0.3) is 0 Å². The van der Waals surface area contributed by atoms with Crippen molar-refractivity contribution in [2.75, 3.05) is 0 Å². The molecule has 0 aliphatic heterocycles. The molecular formula is C19H33FO2. The van der Waals surface area contributed by atoms with Gasteiger partial charge < -0.3 is 4.74 Å². The summed E-state index contributed by atoms with van der Waals surface area (Å²) in [5.41, 5.74) is 0. The van der Waals surface area contributed by atoms with Crippen LogP contribution >= 0.6 is 0 Å². The Morgan fingerprint density at radius 3 is 2.14 bits per heavy atom. The SMILES string of the molecule is CCCC1CCC(C(=O)OC2CCC(CCC)CC2F)CC1. The van der Waals surface area contributed by atoms with Gasteiger partial charge in [-0.05, 0) is 56.8 Å². The quantitative estimate of drug-likeness (QED) is 0.610. The van der Waals surface area contributed by atoms with Crippen LogP contribution in [0.5, 0.6) is 0 Å². The number of rotatable bonds is 6. The Bertz CT molecular complexity index is 336. The Hall–Kier alpha value is -0.600. The minimum atomic E-state index is -0.953. The summed E-state index contributed by atoms with van der Waals surface area (Å²) in [5.74, 6) is 1.16. The predicted molar refractivity (Wildman–Crippen MR) is 87.4 cm³/mol. The Morgan fingerprint density at radius 2 is 1.55 bits per heavy atom. The fourth-order valence-corrected chi connectivity index (χ4v) is 4.31. The van der Waals surface area contributed by atoms with E-state index in [2.05, 4.69) is 13.8 Å². The lowest BCUT2D eigenvalue weighted by Gasteiger charge is -2.33. The molecule has 0 bridgehead atoms. The molecule has 0 amide bonds. The lowest BCUT2D eigenvalue weighted by molar-refractivity contribution is -0.161. The number of carbonyl (C=O) groups is 1. The van der Waals surface area contributed by atoms with Gasteiger partial charge in [0, 0.05) is 0 Å². The summed E-state index contributed by atoms with van der Waals surface area (Å²) in [6, 6.07) is 0. The van der Waals surface area contributed by atoms with E-state index in [-0.39, 0.29) is 11.9 Å². The molecule has 3 unspecified atom stereocenters. The van der Waals surface area contributed by atoms with E-state index in [1.165, 1.54) is 12.8 Å². The number of ether oxygens (including phenoxy) is 1. The zero-order valence-electron chi connectivity index (χ0n) is 14.4. The first-order chi connectivity index (χ1) is 10.6. The number of esters is 1. The molecule has 0 aromatic carbocycles. The number of alkyl halides is 1. The van der Waals surface area contributed by atoms with E-state index >= 15 is 0 Å². The average molecular weight is 312 g/mol. The summed E-state index contributed by atoms with van der Waals surface area (Å²) in [4.78, 5) is 12.3. The molecule has 2 rings (SSSR count). The van der Waals surface area contributed by atoms with Crippen molar-refractivity contribution < 1.29 is 13.9 Å². The molecule has 0 N–H and O–H groups in total. The van der Waals surface area contributed by atoms with E-state index in [1.54, 1.807) is 0 Å². The zero-order valence-corrected chi connectivity index (χ0v) is 14.4. The van der Waals surface area contributed by atoms with Crippen LogP contribution < -0.4 is 0 Å². The van der Waals surface area contributed by atoms with E-state index in [0.29, 0.717) is 18.8 Å². The molecule has 2 aliphatic rings. The summed E-state index contributed by atoms with van der Waals surface area (Å²) in [5, 5.41) is 0. The van der Waals surface area contributed by atoms with Crippen LogP contribution in [0.2, 0.25) is 0 Å². The molecule has 0 radical (unpaired) electrons. The highest BCUT2D eigenvalue weighted by molar-refractivity contribution is 5.72. The molecule has 0 heterocycles. The van der Waals surface area contributed by atoms with Crippen LogP contribution in [0.1, 0.15) is 84.5 Å². The molecule has 2 saturated carbocycles. The summed E-state index contributed by atoms with van der Waals surface area (Å²) < 4.78 is 19.8. The second kappa shape index (κ2) is 8.88. The second-order valence-corrected chi connectivity index (χ2v) is 7.47. The Balaban J connectivity index is 1.73. The van der Waals surface area contributed by atoms with Gasteiger partial charge in [0.05, 0.1) is 5.92 Å². The van der Waals surface area contributed by atoms with Crippen molar-refractivity contribution in [3.63, 3.8) is 0 Å². The number of carbonyl (C=O) groups excluding carboxylic acids is 1. The van der Waals surface area contributed by atoms with Crippen molar-refractivity contribution >= 4 is 5.97 Å². The molecular weight excluding hydrogens is 279 g/mol. The smallest absolute Gasteiger partial charge is 0.309 e. The van der Waals surface area contributed by atoms with Gasteiger partial charge in [-0.3, -0.25) is 4.79 Å². The predicted octanol–water partition coefficient (Wildman–Crippen LogP) is 5.44. The molecule has 128 valence electrons. The third-order valence-electron chi connectivity index (χ3n) is 5.66. The summed E-state index contributed by atoms with van der Waals surface area (Å²) in [7, 11) is 0. The first-order valence-corrected chi connectivity index (χ1v) is 9.48. The fraction of sp³-hybridized carbons (Fsp3) is 0.947. The summed E-state index contributed by atoms with van der Waals surface area (Å²) in [6.45, 7) is 4.37. The summed E-state index contributed by atoms with van der Waals surface area (Å²) in [6.07, 6.45) is 9.72. The molecule has 3 heteroatoms. The highest BCUT2D eigenvalue weighted by atomic mass is 19.1. The fourth-order valence-electron chi connectivity index (χ4n) is 4.31. The van der Waals surface area contributed by atoms with E-state index in [9.17, 15) is 9.18 Å². The standard InChI is InChI=1S/C19H33FO2/c1-3-5-14-7-10-16(11-8-14)19(21)22-18-12-9-15(6-4-2)13-17(18)20/h14-18H,3-13H2,1-2H3. The second-order valence-electron chi connectivity index (χ2n) is 7.47. The Morgan fingerprint density at radius 1 is 0.955 bits per heavy atom. The van der Waals surface area contributed by atoms with Crippen LogP contribution in [-0.4, -0.2) is 18.2 Å². The molecule has 0 spiro atoms. The maximum Gasteiger partial charge on any atom is 0.309 e. The summed E-state index contributed by atoms with van der Waals surface area (Å²) >= 11 is 0. The van der Waals surface area contributed by atoms with Gasteiger partial charge in [0.2, 0.25) is 0 Å². The van der Waals surface area contributed by atoms with E-state index in [1.807, 2.05) is 0 Å². The van der Waals surface area contributed by atoms with Gasteiger partial charge in [-0.1, -0.05) is 39.5 Å². The van der Waals surface area contributed by atoms with Crippen LogP contribution in [-0.2, 0) is 9.53 Å². The first-order valence-electron chi connectivity index (χ1n) is 9.48. The van der Waals surface area contributed by atoms with Gasteiger partial charge in [0.1, 0.15) is 12.3 Å². The topological polar surface area (TPSA) is 26.3 Å². The molecule has 3 atom stereocenters. The van der Waals surface area contributed by atoms with E-state index in [0.717, 1.165) is 50.9 Å². The monoisotopic (exact) mass is 312 g/mol. The molecule has 0 aromatic rings. The number of hydrogen-bond donors (Lipinski definition) is 0. The minimum Gasteiger partial charge on any atom is -0.459 e. The minimum absolute atomic E-state index is 0.0219. The van der Waals surface area contributed by atoms with Gasteiger partial charge in [-0.15, -0.1) is 0 Å². The molecule has 2 nitrogen and oxygen atoms in total. The van der Waals surface area contributed by atoms with E-state index < -0.39 is 12.3 Å². The lowest BCUT2D eigenvalue weighted by Crippen LogP contribution is -2.37. The van der Waals surface area contributed by atoms with Crippen LogP contribution in [0.3, 0.4) is 0 Å².